The van der Waals surface area contributed by atoms with Crippen LogP contribution in [-0.2, 0) is 5.41 Å². The summed E-state index contributed by atoms with van der Waals surface area (Å²) in [5.74, 6) is 0.503. The first kappa shape index (κ1) is 17.2. The smallest absolute Gasteiger partial charge is 0.205 e. The molecular formula is C20H22N4S. The zero-order valence-electron chi connectivity index (χ0n) is 14.7. The molecule has 0 unspecified atom stereocenters. The monoisotopic (exact) mass is 350 g/mol. The number of rotatable bonds is 4. The third-order valence-electron chi connectivity index (χ3n) is 3.87. The van der Waals surface area contributed by atoms with Gasteiger partial charge in [-0.05, 0) is 33.7 Å². The van der Waals surface area contributed by atoms with Crippen LogP contribution in [0.15, 0.2) is 59.0 Å². The van der Waals surface area contributed by atoms with Crippen molar-refractivity contribution in [3.05, 3.63) is 65.0 Å². The van der Waals surface area contributed by atoms with E-state index in [4.69, 9.17) is 5.73 Å². The minimum Gasteiger partial charge on any atom is -0.383 e. The van der Waals surface area contributed by atoms with E-state index in [1.807, 2.05) is 12.1 Å². The molecule has 25 heavy (non-hydrogen) atoms. The molecule has 3 N–H and O–H groups in total. The van der Waals surface area contributed by atoms with Gasteiger partial charge in [-0.1, -0.05) is 63.2 Å². The fraction of sp³-hybridized carbons (Fsp3) is 0.200. The van der Waals surface area contributed by atoms with Crippen molar-refractivity contribution >= 4 is 28.5 Å². The third-order valence-corrected chi connectivity index (χ3v) is 4.63. The van der Waals surface area contributed by atoms with Crippen molar-refractivity contribution in [2.45, 2.75) is 26.2 Å². The number of anilines is 2. The Morgan fingerprint density at radius 3 is 2.48 bits per heavy atom. The molecular weight excluding hydrogens is 328 g/mol. The van der Waals surface area contributed by atoms with E-state index in [9.17, 15) is 0 Å². The van der Waals surface area contributed by atoms with Gasteiger partial charge in [-0.3, -0.25) is 5.43 Å². The second kappa shape index (κ2) is 7.07. The molecule has 0 amide bonds. The highest BCUT2D eigenvalue weighted by molar-refractivity contribution is 7.14. The van der Waals surface area contributed by atoms with Gasteiger partial charge in [-0.15, -0.1) is 11.3 Å². The largest absolute Gasteiger partial charge is 0.383 e. The molecule has 0 aliphatic heterocycles. The van der Waals surface area contributed by atoms with Crippen molar-refractivity contribution < 1.29 is 0 Å². The van der Waals surface area contributed by atoms with E-state index in [1.54, 1.807) is 11.6 Å². The molecule has 0 saturated carbocycles. The number of nitrogen functional groups attached to an aromatic ring is 1. The number of hydrazone groups is 1. The maximum absolute atomic E-state index is 5.59. The molecule has 0 aliphatic rings. The van der Waals surface area contributed by atoms with Crippen molar-refractivity contribution in [3.63, 3.8) is 0 Å². The van der Waals surface area contributed by atoms with Gasteiger partial charge in [0.05, 0.1) is 6.21 Å². The van der Waals surface area contributed by atoms with Gasteiger partial charge in [-0.25, -0.2) is 4.98 Å². The number of thiazole rings is 1. The van der Waals surface area contributed by atoms with E-state index in [2.05, 4.69) is 72.7 Å². The van der Waals surface area contributed by atoms with Crippen LogP contribution < -0.4 is 11.2 Å². The van der Waals surface area contributed by atoms with E-state index in [-0.39, 0.29) is 5.41 Å². The molecule has 4 nitrogen and oxygen atoms in total. The zero-order chi connectivity index (χ0) is 17.9. The Hall–Kier alpha value is -2.66. The van der Waals surface area contributed by atoms with Crippen molar-refractivity contribution in [1.29, 1.82) is 0 Å². The van der Waals surface area contributed by atoms with Gasteiger partial charge in [-0.2, -0.15) is 5.10 Å². The minimum absolute atomic E-state index is 0.165. The van der Waals surface area contributed by atoms with Gasteiger partial charge in [0.25, 0.3) is 0 Å². The summed E-state index contributed by atoms with van der Waals surface area (Å²) in [6, 6.07) is 17.0. The Morgan fingerprint density at radius 2 is 1.84 bits per heavy atom. The van der Waals surface area contributed by atoms with Crippen LogP contribution in [0, 0.1) is 0 Å². The highest BCUT2D eigenvalue weighted by atomic mass is 32.1. The lowest BCUT2D eigenvalue weighted by molar-refractivity contribution is 0.590. The lowest BCUT2D eigenvalue weighted by Crippen LogP contribution is -2.10. The molecule has 0 aliphatic carbocycles. The number of nitrogens with one attached hydrogen (secondary N) is 1. The average Bonchev–Trinajstić information content (AvgIpc) is 3.00. The van der Waals surface area contributed by atoms with Crippen molar-refractivity contribution in [3.8, 4) is 11.1 Å². The maximum Gasteiger partial charge on any atom is 0.205 e. The summed E-state index contributed by atoms with van der Waals surface area (Å²) in [4.78, 5) is 4.11. The second-order valence-electron chi connectivity index (χ2n) is 6.90. The first-order chi connectivity index (χ1) is 11.9. The second-order valence-corrected chi connectivity index (χ2v) is 7.76. The first-order valence-electron chi connectivity index (χ1n) is 8.13. The predicted octanol–water partition coefficient (Wildman–Crippen LogP) is 5.14. The van der Waals surface area contributed by atoms with Crippen molar-refractivity contribution in [1.82, 2.24) is 4.98 Å². The molecule has 0 bridgehead atoms. The Bertz CT molecular complexity index is 873. The summed E-state index contributed by atoms with van der Waals surface area (Å²) in [7, 11) is 0. The van der Waals surface area contributed by atoms with Crippen LogP contribution in [0.3, 0.4) is 0 Å². The summed E-state index contributed by atoms with van der Waals surface area (Å²) >= 11 is 1.43. The van der Waals surface area contributed by atoms with Gasteiger partial charge in [0, 0.05) is 5.38 Å². The molecule has 0 spiro atoms. The standard InChI is InChI=1S/C20H22N4S/c1-20(2,3)17-9-7-15(8-10-17)16-6-4-5-14(11-16)12-22-24-19-23-18(21)13-25-19/h4-13H,21H2,1-3H3,(H,23,24). The molecule has 3 rings (SSSR count). The summed E-state index contributed by atoms with van der Waals surface area (Å²) in [6.07, 6.45) is 1.78. The minimum atomic E-state index is 0.165. The molecule has 0 fully saturated rings. The molecule has 5 heteroatoms. The number of benzene rings is 2. The zero-order valence-corrected chi connectivity index (χ0v) is 15.5. The number of nitrogens with two attached hydrogens (primary N) is 1. The van der Waals surface area contributed by atoms with Crippen LogP contribution in [-0.4, -0.2) is 11.2 Å². The van der Waals surface area contributed by atoms with E-state index in [0.29, 0.717) is 10.9 Å². The van der Waals surface area contributed by atoms with E-state index in [1.165, 1.54) is 28.0 Å². The average molecular weight is 350 g/mol. The number of hydrogen-bond donors (Lipinski definition) is 2. The van der Waals surface area contributed by atoms with Crippen LogP contribution >= 0.6 is 11.3 Å². The predicted molar refractivity (Wildman–Crippen MR) is 108 cm³/mol. The molecule has 1 aromatic heterocycles. The van der Waals surface area contributed by atoms with Crippen molar-refractivity contribution in [2.24, 2.45) is 5.10 Å². The molecule has 0 saturated heterocycles. The van der Waals surface area contributed by atoms with Crippen LogP contribution in [0.5, 0.6) is 0 Å². The quantitative estimate of drug-likeness (QED) is 0.506. The van der Waals surface area contributed by atoms with Gasteiger partial charge < -0.3 is 5.73 Å². The highest BCUT2D eigenvalue weighted by Crippen LogP contribution is 2.26. The Labute approximate surface area is 152 Å². The fourth-order valence-corrected chi connectivity index (χ4v) is 3.01. The maximum atomic E-state index is 5.59. The molecule has 3 aromatic rings. The molecule has 1 heterocycles. The number of hydrogen-bond acceptors (Lipinski definition) is 5. The van der Waals surface area contributed by atoms with Gasteiger partial charge >= 0.3 is 0 Å². The Balaban J connectivity index is 1.74. The van der Waals surface area contributed by atoms with Gasteiger partial charge in [0.2, 0.25) is 5.13 Å². The highest BCUT2D eigenvalue weighted by Gasteiger charge is 2.13. The summed E-state index contributed by atoms with van der Waals surface area (Å²) in [6.45, 7) is 6.67. The Kier molecular flexibility index (Phi) is 4.86. The SMILES string of the molecule is CC(C)(C)c1ccc(-c2cccc(C=NNc3nc(N)cs3)c2)cc1. The van der Waals surface area contributed by atoms with Crippen molar-refractivity contribution in [2.75, 3.05) is 11.2 Å². The van der Waals surface area contributed by atoms with Crippen LogP contribution in [0.1, 0.15) is 31.9 Å². The lowest BCUT2D eigenvalue weighted by Gasteiger charge is -2.19. The fourth-order valence-electron chi connectivity index (χ4n) is 2.46. The molecule has 0 atom stereocenters. The topological polar surface area (TPSA) is 63.3 Å². The van der Waals surface area contributed by atoms with Gasteiger partial charge in [0.1, 0.15) is 5.82 Å². The molecule has 0 radical (unpaired) electrons. The molecule has 128 valence electrons. The Morgan fingerprint density at radius 1 is 1.08 bits per heavy atom. The number of aromatic nitrogens is 1. The van der Waals surface area contributed by atoms with Crippen LogP contribution in [0.2, 0.25) is 0 Å². The normalized spacial score (nSPS) is 11.8. The lowest BCUT2D eigenvalue weighted by atomic mass is 9.86. The van der Waals surface area contributed by atoms with E-state index in [0.717, 1.165) is 5.56 Å². The summed E-state index contributed by atoms with van der Waals surface area (Å²) < 4.78 is 0. The van der Waals surface area contributed by atoms with E-state index < -0.39 is 0 Å². The van der Waals surface area contributed by atoms with Crippen LogP contribution in [0.4, 0.5) is 10.9 Å². The van der Waals surface area contributed by atoms with Crippen LogP contribution in [0.25, 0.3) is 11.1 Å². The summed E-state index contributed by atoms with van der Waals surface area (Å²) in [5.41, 5.74) is 13.4. The third kappa shape index (κ3) is 4.45. The summed E-state index contributed by atoms with van der Waals surface area (Å²) in [5, 5.41) is 6.68. The number of nitrogens with zero attached hydrogens (tertiary/aromatic N) is 2. The van der Waals surface area contributed by atoms with Gasteiger partial charge in [0.15, 0.2) is 0 Å². The first-order valence-corrected chi connectivity index (χ1v) is 9.01. The molecule has 2 aromatic carbocycles. The van der Waals surface area contributed by atoms with E-state index >= 15 is 0 Å².